The fourth-order valence-electron chi connectivity index (χ4n) is 3.36. The van der Waals surface area contributed by atoms with Crippen LogP contribution in [0.1, 0.15) is 51.4 Å². The second-order valence-corrected chi connectivity index (χ2v) is 9.53. The van der Waals surface area contributed by atoms with E-state index >= 15 is 0 Å². The summed E-state index contributed by atoms with van der Waals surface area (Å²) in [4.78, 5) is 8.51. The van der Waals surface area contributed by atoms with Gasteiger partial charge in [0, 0.05) is 36.8 Å². The Hall–Kier alpha value is -0.700. The van der Waals surface area contributed by atoms with E-state index in [2.05, 4.69) is 14.7 Å². The van der Waals surface area contributed by atoms with E-state index in [9.17, 15) is 8.42 Å². The number of hydrogen-bond acceptors (Lipinski definition) is 5. The fourth-order valence-corrected chi connectivity index (χ4v) is 5.96. The Morgan fingerprint density at radius 1 is 1.00 bits per heavy atom. The summed E-state index contributed by atoms with van der Waals surface area (Å²) in [6.45, 7) is 1.32. The standard InChI is InChI=1S/C16H26N4O2S2/c21-24(22,20-12-3-1-2-4-13-20)19-14-6-8-15(9-7-14)23-16-17-10-5-11-18-16/h5,10-11,14-15,19H,1-4,6-9,12-13H2. The number of nitrogens with zero attached hydrogens (tertiary/aromatic N) is 3. The maximum absolute atomic E-state index is 12.6. The molecule has 1 aromatic rings. The van der Waals surface area contributed by atoms with Crippen molar-refractivity contribution in [1.82, 2.24) is 19.0 Å². The number of thioether (sulfide) groups is 1. The van der Waals surface area contributed by atoms with Gasteiger partial charge < -0.3 is 0 Å². The molecule has 0 spiro atoms. The van der Waals surface area contributed by atoms with E-state index in [1.807, 2.05) is 6.07 Å². The highest BCUT2D eigenvalue weighted by molar-refractivity contribution is 7.99. The van der Waals surface area contributed by atoms with Gasteiger partial charge in [-0.05, 0) is 44.6 Å². The first-order chi connectivity index (χ1) is 11.6. The molecule has 0 unspecified atom stereocenters. The number of nitrogens with one attached hydrogen (secondary N) is 1. The molecular weight excluding hydrogens is 344 g/mol. The summed E-state index contributed by atoms with van der Waals surface area (Å²) in [6, 6.07) is 1.88. The molecule has 8 heteroatoms. The molecule has 0 aromatic carbocycles. The molecule has 3 rings (SSSR count). The monoisotopic (exact) mass is 370 g/mol. The highest BCUT2D eigenvalue weighted by Crippen LogP contribution is 2.32. The summed E-state index contributed by atoms with van der Waals surface area (Å²) in [6.07, 6.45) is 11.5. The predicted molar refractivity (Wildman–Crippen MR) is 96.0 cm³/mol. The maximum atomic E-state index is 12.6. The van der Waals surface area contributed by atoms with Crippen molar-refractivity contribution in [2.45, 2.75) is 67.8 Å². The van der Waals surface area contributed by atoms with E-state index in [1.165, 1.54) is 0 Å². The van der Waals surface area contributed by atoms with E-state index in [0.29, 0.717) is 18.3 Å². The molecule has 2 fully saturated rings. The van der Waals surface area contributed by atoms with Crippen LogP contribution in [0.3, 0.4) is 0 Å². The molecule has 1 aliphatic carbocycles. The largest absolute Gasteiger partial charge is 0.279 e. The average Bonchev–Trinajstić information content (AvgIpc) is 2.87. The van der Waals surface area contributed by atoms with Gasteiger partial charge in [-0.1, -0.05) is 24.6 Å². The molecule has 1 aromatic heterocycles. The van der Waals surface area contributed by atoms with Crippen molar-refractivity contribution in [2.24, 2.45) is 0 Å². The molecule has 2 aliphatic rings. The highest BCUT2D eigenvalue weighted by atomic mass is 32.2. The van der Waals surface area contributed by atoms with Crippen molar-refractivity contribution in [3.63, 3.8) is 0 Å². The van der Waals surface area contributed by atoms with Crippen molar-refractivity contribution in [3.8, 4) is 0 Å². The lowest BCUT2D eigenvalue weighted by Gasteiger charge is -2.30. The first-order valence-electron chi connectivity index (χ1n) is 8.84. The van der Waals surface area contributed by atoms with Gasteiger partial charge in [0.2, 0.25) is 0 Å². The van der Waals surface area contributed by atoms with Gasteiger partial charge in [0.25, 0.3) is 10.2 Å². The second-order valence-electron chi connectivity index (χ2n) is 6.56. The number of rotatable bonds is 5. The minimum Gasteiger partial charge on any atom is -0.231 e. The normalized spacial score (nSPS) is 26.8. The summed E-state index contributed by atoms with van der Waals surface area (Å²) in [5.74, 6) is 0. The van der Waals surface area contributed by atoms with Gasteiger partial charge in [-0.3, -0.25) is 0 Å². The van der Waals surface area contributed by atoms with Crippen LogP contribution >= 0.6 is 11.8 Å². The van der Waals surface area contributed by atoms with Crippen LogP contribution in [-0.4, -0.2) is 47.1 Å². The van der Waals surface area contributed by atoms with Crippen LogP contribution in [0.4, 0.5) is 0 Å². The summed E-state index contributed by atoms with van der Waals surface area (Å²) in [5, 5.41) is 1.29. The van der Waals surface area contributed by atoms with Gasteiger partial charge in [-0.15, -0.1) is 0 Å². The summed E-state index contributed by atoms with van der Waals surface area (Å²) in [5.41, 5.74) is 0. The van der Waals surface area contributed by atoms with Crippen LogP contribution in [-0.2, 0) is 10.2 Å². The average molecular weight is 371 g/mol. The molecule has 6 nitrogen and oxygen atoms in total. The van der Waals surface area contributed by atoms with Crippen molar-refractivity contribution >= 4 is 22.0 Å². The zero-order valence-electron chi connectivity index (χ0n) is 13.9. The van der Waals surface area contributed by atoms with Crippen LogP contribution < -0.4 is 4.72 Å². The molecule has 1 saturated heterocycles. The maximum Gasteiger partial charge on any atom is 0.279 e. The van der Waals surface area contributed by atoms with E-state index < -0.39 is 10.2 Å². The third-order valence-corrected chi connectivity index (χ3v) is 7.61. The van der Waals surface area contributed by atoms with Crippen molar-refractivity contribution in [3.05, 3.63) is 18.5 Å². The van der Waals surface area contributed by atoms with Gasteiger partial charge in [-0.2, -0.15) is 17.4 Å². The molecule has 0 atom stereocenters. The van der Waals surface area contributed by atoms with Crippen LogP contribution in [0.5, 0.6) is 0 Å². The third kappa shape index (κ3) is 5.15. The first-order valence-corrected chi connectivity index (χ1v) is 11.2. The van der Waals surface area contributed by atoms with E-state index in [-0.39, 0.29) is 6.04 Å². The van der Waals surface area contributed by atoms with E-state index in [1.54, 1.807) is 28.5 Å². The predicted octanol–water partition coefficient (Wildman–Crippen LogP) is 2.59. The molecular formula is C16H26N4O2S2. The van der Waals surface area contributed by atoms with Crippen LogP contribution in [0.15, 0.2) is 23.6 Å². The summed E-state index contributed by atoms with van der Waals surface area (Å²) < 4.78 is 29.7. The third-order valence-electron chi connectivity index (χ3n) is 4.71. The molecule has 1 aliphatic heterocycles. The van der Waals surface area contributed by atoms with Crippen molar-refractivity contribution < 1.29 is 8.42 Å². The quantitative estimate of drug-likeness (QED) is 0.806. The summed E-state index contributed by atoms with van der Waals surface area (Å²) >= 11 is 1.71. The number of aromatic nitrogens is 2. The van der Waals surface area contributed by atoms with Gasteiger partial charge in [-0.25, -0.2) is 9.97 Å². The molecule has 0 radical (unpaired) electrons. The smallest absolute Gasteiger partial charge is 0.231 e. The van der Waals surface area contributed by atoms with Crippen LogP contribution in [0.2, 0.25) is 0 Å². The minimum atomic E-state index is -3.33. The molecule has 2 heterocycles. The molecule has 1 saturated carbocycles. The van der Waals surface area contributed by atoms with Gasteiger partial charge >= 0.3 is 0 Å². The topological polar surface area (TPSA) is 75.2 Å². The lowest BCUT2D eigenvalue weighted by atomic mass is 9.96. The molecule has 134 valence electrons. The minimum absolute atomic E-state index is 0.0618. The molecule has 24 heavy (non-hydrogen) atoms. The Bertz CT molecular complexity index is 596. The van der Waals surface area contributed by atoms with Gasteiger partial charge in [0.1, 0.15) is 0 Å². The molecule has 0 amide bonds. The Morgan fingerprint density at radius 3 is 2.25 bits per heavy atom. The SMILES string of the molecule is O=S(=O)(NC1CCC(Sc2ncccn2)CC1)N1CCCCCC1. The lowest BCUT2D eigenvalue weighted by Crippen LogP contribution is -2.47. The Kier molecular flexibility index (Phi) is 6.49. The lowest BCUT2D eigenvalue weighted by molar-refractivity contribution is 0.379. The van der Waals surface area contributed by atoms with Gasteiger partial charge in [0.05, 0.1) is 0 Å². The molecule has 0 bridgehead atoms. The Balaban J connectivity index is 1.47. The van der Waals surface area contributed by atoms with Crippen LogP contribution in [0.25, 0.3) is 0 Å². The first kappa shape index (κ1) is 18.1. The van der Waals surface area contributed by atoms with E-state index in [0.717, 1.165) is 56.5 Å². The molecule has 1 N–H and O–H groups in total. The van der Waals surface area contributed by atoms with E-state index in [4.69, 9.17) is 0 Å². The fraction of sp³-hybridized carbons (Fsp3) is 0.750. The zero-order chi connectivity index (χ0) is 16.8. The van der Waals surface area contributed by atoms with Crippen LogP contribution in [0, 0.1) is 0 Å². The second kappa shape index (κ2) is 8.60. The zero-order valence-corrected chi connectivity index (χ0v) is 15.6. The Morgan fingerprint density at radius 2 is 1.62 bits per heavy atom. The summed E-state index contributed by atoms with van der Waals surface area (Å²) in [7, 11) is -3.33. The van der Waals surface area contributed by atoms with Crippen molar-refractivity contribution in [1.29, 1.82) is 0 Å². The Labute approximate surface area is 149 Å². The van der Waals surface area contributed by atoms with Crippen molar-refractivity contribution in [2.75, 3.05) is 13.1 Å². The highest BCUT2D eigenvalue weighted by Gasteiger charge is 2.29. The van der Waals surface area contributed by atoms with Gasteiger partial charge in [0.15, 0.2) is 5.16 Å². The number of hydrogen-bond donors (Lipinski definition) is 1.